The van der Waals surface area contributed by atoms with E-state index in [1.165, 1.54) is 6.21 Å². The lowest BCUT2D eigenvalue weighted by atomic mass is 10.2. The smallest absolute Gasteiger partial charge is 0.345 e. The standard InChI is InChI=1S/C23H18Cl2N2O4/c1-2-30-21-13-15(14-26-27-22(28)16-8-10-17(24)11-9-16)7-12-20(21)31-23(29)18-5-3-4-6-19(18)25/h3-14H,2H2,1H3,(H,27,28)/b26-14-. The maximum Gasteiger partial charge on any atom is 0.345 e. The molecule has 0 aliphatic carbocycles. The fourth-order valence-electron chi connectivity index (χ4n) is 2.57. The lowest BCUT2D eigenvalue weighted by Gasteiger charge is -2.12. The van der Waals surface area contributed by atoms with E-state index in [9.17, 15) is 9.59 Å². The van der Waals surface area contributed by atoms with Crippen LogP contribution in [0.15, 0.2) is 71.8 Å². The molecule has 0 unspecified atom stereocenters. The van der Waals surface area contributed by atoms with Crippen molar-refractivity contribution in [3.8, 4) is 11.5 Å². The average Bonchev–Trinajstić information content (AvgIpc) is 2.76. The second kappa shape index (κ2) is 10.6. The zero-order chi connectivity index (χ0) is 22.2. The molecule has 0 atom stereocenters. The summed E-state index contributed by atoms with van der Waals surface area (Å²) in [6, 6.07) is 18.0. The summed E-state index contributed by atoms with van der Waals surface area (Å²) in [5, 5.41) is 4.79. The number of hydrogen-bond acceptors (Lipinski definition) is 5. The van der Waals surface area contributed by atoms with Gasteiger partial charge in [0.2, 0.25) is 0 Å². The molecule has 0 aromatic heterocycles. The number of carbonyl (C=O) groups is 2. The van der Waals surface area contributed by atoms with Crippen molar-refractivity contribution in [3.05, 3.63) is 93.5 Å². The highest BCUT2D eigenvalue weighted by Gasteiger charge is 2.15. The number of nitrogens with one attached hydrogen (secondary N) is 1. The lowest BCUT2D eigenvalue weighted by Crippen LogP contribution is -2.17. The molecule has 0 fully saturated rings. The second-order valence-corrected chi connectivity index (χ2v) is 7.06. The Balaban J connectivity index is 1.71. The number of nitrogens with zero attached hydrogens (tertiary/aromatic N) is 1. The Hall–Kier alpha value is -3.35. The summed E-state index contributed by atoms with van der Waals surface area (Å²) >= 11 is 11.9. The SMILES string of the molecule is CCOc1cc(/C=N\NC(=O)c2ccc(Cl)cc2)ccc1OC(=O)c1ccccc1Cl. The molecular formula is C23H18Cl2N2O4. The largest absolute Gasteiger partial charge is 0.490 e. The Morgan fingerprint density at radius 1 is 1.00 bits per heavy atom. The average molecular weight is 457 g/mol. The van der Waals surface area contributed by atoms with Gasteiger partial charge in [0.05, 0.1) is 23.4 Å². The van der Waals surface area contributed by atoms with Crippen LogP contribution in [0.2, 0.25) is 10.0 Å². The summed E-state index contributed by atoms with van der Waals surface area (Å²) < 4.78 is 11.0. The minimum atomic E-state index is -0.594. The van der Waals surface area contributed by atoms with Gasteiger partial charge in [-0.05, 0) is 67.1 Å². The molecule has 0 heterocycles. The highest BCUT2D eigenvalue weighted by molar-refractivity contribution is 6.33. The van der Waals surface area contributed by atoms with Gasteiger partial charge in [-0.3, -0.25) is 4.79 Å². The van der Waals surface area contributed by atoms with Crippen LogP contribution in [0.1, 0.15) is 33.2 Å². The molecule has 8 heteroatoms. The number of hydrogen-bond donors (Lipinski definition) is 1. The van der Waals surface area contributed by atoms with Gasteiger partial charge in [0.1, 0.15) is 0 Å². The summed E-state index contributed by atoms with van der Waals surface area (Å²) in [5.41, 5.74) is 3.76. The molecule has 6 nitrogen and oxygen atoms in total. The fourth-order valence-corrected chi connectivity index (χ4v) is 2.91. The molecule has 3 rings (SSSR count). The van der Waals surface area contributed by atoms with Crippen molar-refractivity contribution in [2.45, 2.75) is 6.92 Å². The first kappa shape index (κ1) is 22.3. The van der Waals surface area contributed by atoms with Crippen LogP contribution in [-0.4, -0.2) is 24.7 Å². The minimum absolute atomic E-state index is 0.245. The third-order valence-corrected chi connectivity index (χ3v) is 4.63. The summed E-state index contributed by atoms with van der Waals surface area (Å²) in [5.74, 6) is -0.364. The van der Waals surface area contributed by atoms with Crippen LogP contribution < -0.4 is 14.9 Å². The predicted octanol–water partition coefficient (Wildman–Crippen LogP) is 5.38. The van der Waals surface area contributed by atoms with Gasteiger partial charge in [-0.1, -0.05) is 35.3 Å². The van der Waals surface area contributed by atoms with Crippen LogP contribution in [0.4, 0.5) is 0 Å². The highest BCUT2D eigenvalue weighted by atomic mass is 35.5. The Bertz CT molecular complexity index is 1110. The first-order valence-electron chi connectivity index (χ1n) is 9.30. The van der Waals surface area contributed by atoms with E-state index in [1.54, 1.807) is 66.7 Å². The quantitative estimate of drug-likeness (QED) is 0.224. The van der Waals surface area contributed by atoms with E-state index < -0.39 is 5.97 Å². The van der Waals surface area contributed by atoms with Gasteiger partial charge >= 0.3 is 5.97 Å². The first-order valence-corrected chi connectivity index (χ1v) is 10.1. The van der Waals surface area contributed by atoms with E-state index in [0.29, 0.717) is 33.5 Å². The Morgan fingerprint density at radius 3 is 2.45 bits per heavy atom. The monoisotopic (exact) mass is 456 g/mol. The number of carbonyl (C=O) groups excluding carboxylic acids is 2. The van der Waals surface area contributed by atoms with Crippen LogP contribution in [0, 0.1) is 0 Å². The number of hydrazone groups is 1. The van der Waals surface area contributed by atoms with Crippen molar-refractivity contribution in [3.63, 3.8) is 0 Å². The van der Waals surface area contributed by atoms with Gasteiger partial charge in [-0.25, -0.2) is 10.2 Å². The Kier molecular flexibility index (Phi) is 7.65. The van der Waals surface area contributed by atoms with Crippen LogP contribution in [0.25, 0.3) is 0 Å². The van der Waals surface area contributed by atoms with E-state index in [1.807, 2.05) is 6.92 Å². The van der Waals surface area contributed by atoms with Crippen LogP contribution in [-0.2, 0) is 0 Å². The molecule has 3 aromatic rings. The zero-order valence-corrected chi connectivity index (χ0v) is 18.0. The van der Waals surface area contributed by atoms with Crippen molar-refractivity contribution in [2.24, 2.45) is 5.10 Å². The van der Waals surface area contributed by atoms with Crippen molar-refractivity contribution in [1.29, 1.82) is 0 Å². The molecule has 0 bridgehead atoms. The van der Waals surface area contributed by atoms with E-state index in [4.69, 9.17) is 32.7 Å². The molecule has 3 aromatic carbocycles. The van der Waals surface area contributed by atoms with Crippen LogP contribution in [0.5, 0.6) is 11.5 Å². The second-order valence-electron chi connectivity index (χ2n) is 6.21. The number of benzene rings is 3. The van der Waals surface area contributed by atoms with E-state index in [-0.39, 0.29) is 17.2 Å². The van der Waals surface area contributed by atoms with Gasteiger partial charge in [-0.15, -0.1) is 0 Å². The molecule has 0 spiro atoms. The molecule has 0 aliphatic rings. The number of rotatable bonds is 7. The number of ether oxygens (including phenoxy) is 2. The predicted molar refractivity (Wildman–Crippen MR) is 121 cm³/mol. The van der Waals surface area contributed by atoms with Crippen LogP contribution >= 0.6 is 23.2 Å². The molecule has 0 radical (unpaired) electrons. The normalized spacial score (nSPS) is 10.7. The minimum Gasteiger partial charge on any atom is -0.490 e. The van der Waals surface area contributed by atoms with Gasteiger partial charge in [0.15, 0.2) is 11.5 Å². The van der Waals surface area contributed by atoms with Crippen molar-refractivity contribution < 1.29 is 19.1 Å². The number of esters is 1. The number of halogens is 2. The Morgan fingerprint density at radius 2 is 1.74 bits per heavy atom. The third kappa shape index (κ3) is 6.07. The summed E-state index contributed by atoms with van der Waals surface area (Å²) in [6.07, 6.45) is 1.45. The van der Waals surface area contributed by atoms with Crippen LogP contribution in [0.3, 0.4) is 0 Å². The maximum atomic E-state index is 12.4. The summed E-state index contributed by atoms with van der Waals surface area (Å²) in [4.78, 5) is 24.5. The molecule has 0 saturated heterocycles. The molecule has 0 saturated carbocycles. The van der Waals surface area contributed by atoms with Gasteiger partial charge < -0.3 is 9.47 Å². The van der Waals surface area contributed by atoms with Gasteiger partial charge in [0, 0.05) is 10.6 Å². The molecule has 1 N–H and O–H groups in total. The fraction of sp³-hybridized carbons (Fsp3) is 0.0870. The molecule has 158 valence electrons. The van der Waals surface area contributed by atoms with E-state index in [2.05, 4.69) is 10.5 Å². The van der Waals surface area contributed by atoms with Gasteiger partial charge in [-0.2, -0.15) is 5.10 Å². The van der Waals surface area contributed by atoms with Crippen molar-refractivity contribution >= 4 is 41.3 Å². The number of amides is 1. The summed E-state index contributed by atoms with van der Waals surface area (Å²) in [6.45, 7) is 2.18. The van der Waals surface area contributed by atoms with Crippen molar-refractivity contribution in [1.82, 2.24) is 5.43 Å². The molecule has 0 aliphatic heterocycles. The highest BCUT2D eigenvalue weighted by Crippen LogP contribution is 2.29. The molecular weight excluding hydrogens is 439 g/mol. The Labute approximate surface area is 189 Å². The lowest BCUT2D eigenvalue weighted by molar-refractivity contribution is 0.0728. The van der Waals surface area contributed by atoms with Gasteiger partial charge in [0.25, 0.3) is 5.91 Å². The topological polar surface area (TPSA) is 77.0 Å². The molecule has 31 heavy (non-hydrogen) atoms. The summed E-state index contributed by atoms with van der Waals surface area (Å²) in [7, 11) is 0. The van der Waals surface area contributed by atoms with Crippen molar-refractivity contribution in [2.75, 3.05) is 6.61 Å². The molecule has 1 amide bonds. The maximum absolute atomic E-state index is 12.4. The van der Waals surface area contributed by atoms with E-state index >= 15 is 0 Å². The third-order valence-electron chi connectivity index (χ3n) is 4.05. The zero-order valence-electron chi connectivity index (χ0n) is 16.5. The first-order chi connectivity index (χ1) is 15.0. The van der Waals surface area contributed by atoms with E-state index in [0.717, 1.165) is 0 Å².